The lowest BCUT2D eigenvalue weighted by Gasteiger charge is -2.08. The first kappa shape index (κ1) is 22.9. The van der Waals surface area contributed by atoms with Crippen molar-refractivity contribution in [2.75, 3.05) is 7.11 Å². The number of fused-ring (bicyclic) bond motifs is 2. The van der Waals surface area contributed by atoms with Gasteiger partial charge in [-0.25, -0.2) is 5.48 Å². The topological polar surface area (TPSA) is 129 Å². The molecule has 0 spiro atoms. The fraction of sp³-hybridized carbons (Fsp3) is 0.0741. The van der Waals surface area contributed by atoms with E-state index in [9.17, 15) is 14.8 Å². The molecule has 0 aliphatic rings. The van der Waals surface area contributed by atoms with Gasteiger partial charge in [-0.3, -0.25) is 10.0 Å². The smallest absolute Gasteiger partial charge is 0.267 e. The average Bonchev–Trinajstić information content (AvgIpc) is 3.41. The molecule has 0 unspecified atom stereocenters. The van der Waals surface area contributed by atoms with Gasteiger partial charge < -0.3 is 19.4 Å². The number of para-hydroxylation sites is 1. The molecular weight excluding hydrogens is 460 g/mol. The van der Waals surface area contributed by atoms with Crippen molar-refractivity contribution < 1.29 is 19.8 Å². The van der Waals surface area contributed by atoms with E-state index >= 15 is 0 Å². The van der Waals surface area contributed by atoms with Gasteiger partial charge in [0.15, 0.2) is 0 Å². The van der Waals surface area contributed by atoms with E-state index in [1.807, 2.05) is 66.7 Å². The quantitative estimate of drug-likeness (QED) is 0.106. The molecule has 4 N–H and O–H groups in total. The largest absolute Gasteiger partial charge is 0.497 e. The second-order valence-corrected chi connectivity index (χ2v) is 8.20. The molecular formula is C27H22N4O5. The Morgan fingerprint density at radius 2 is 1.89 bits per heavy atom. The van der Waals surface area contributed by atoms with E-state index in [0.29, 0.717) is 34.3 Å². The third kappa shape index (κ3) is 3.97. The lowest BCUT2D eigenvalue weighted by molar-refractivity contribution is -0.124. The standard InChI is InChI=1S/C27H22N4O5/c1-36-18-11-12-22-20(14-18)24(26-25(30-35)19-4-2-3-5-21(19)28-26)27(33)31(22)15-17-8-6-16(7-9-17)10-13-23(32)29-34/h2-14,28,33-34H,15H2,1H3,(H,29,32)/b13-10+. The summed E-state index contributed by atoms with van der Waals surface area (Å²) in [5.41, 5.74) is 5.84. The molecule has 0 aliphatic carbocycles. The first-order valence-electron chi connectivity index (χ1n) is 11.1. The molecule has 0 radical (unpaired) electrons. The van der Waals surface area contributed by atoms with Gasteiger partial charge in [0.25, 0.3) is 5.91 Å². The highest BCUT2D eigenvalue weighted by atomic mass is 16.5. The number of ether oxygens (including phenoxy) is 1. The van der Waals surface area contributed by atoms with Gasteiger partial charge >= 0.3 is 0 Å². The van der Waals surface area contributed by atoms with Crippen LogP contribution in [0.4, 0.5) is 5.69 Å². The summed E-state index contributed by atoms with van der Waals surface area (Å²) < 4.78 is 7.18. The second-order valence-electron chi connectivity index (χ2n) is 8.20. The van der Waals surface area contributed by atoms with Crippen molar-refractivity contribution in [3.63, 3.8) is 0 Å². The zero-order valence-corrected chi connectivity index (χ0v) is 19.2. The molecule has 9 nitrogen and oxygen atoms in total. The molecule has 2 aromatic heterocycles. The molecule has 5 aromatic rings. The van der Waals surface area contributed by atoms with Crippen LogP contribution in [0.2, 0.25) is 0 Å². The number of H-pyrrole nitrogens is 1. The first-order valence-corrected chi connectivity index (χ1v) is 11.1. The molecule has 1 amide bonds. The van der Waals surface area contributed by atoms with Crippen LogP contribution < -0.4 is 10.2 Å². The number of aromatic amines is 1. The van der Waals surface area contributed by atoms with Gasteiger partial charge in [0.05, 0.1) is 30.4 Å². The SMILES string of the molecule is COc1ccc2c(c1)c(-c1[nH]c3ccccc3c1N=O)c(O)n2Cc1ccc(/C=C/C(=O)NO)cc1. The third-order valence-corrected chi connectivity index (χ3v) is 6.12. The summed E-state index contributed by atoms with van der Waals surface area (Å²) in [6.45, 7) is 0.347. The summed E-state index contributed by atoms with van der Waals surface area (Å²) in [4.78, 5) is 26.3. The molecule has 0 saturated heterocycles. The fourth-order valence-corrected chi connectivity index (χ4v) is 4.38. The third-order valence-electron chi connectivity index (χ3n) is 6.12. The summed E-state index contributed by atoms with van der Waals surface area (Å²) in [6, 6.07) is 20.3. The maximum absolute atomic E-state index is 11.9. The number of aromatic nitrogens is 2. The number of nitrogens with zero attached hydrogens (tertiary/aromatic N) is 2. The molecule has 9 heteroatoms. The lowest BCUT2D eigenvalue weighted by Crippen LogP contribution is -2.14. The Labute approximate surface area is 205 Å². The number of nitrogens with one attached hydrogen (secondary N) is 2. The molecule has 0 bridgehead atoms. The maximum Gasteiger partial charge on any atom is 0.267 e. The summed E-state index contributed by atoms with van der Waals surface area (Å²) in [5.74, 6) is -0.0223. The number of hydrogen-bond donors (Lipinski definition) is 4. The van der Waals surface area contributed by atoms with Gasteiger partial charge in [0.1, 0.15) is 11.4 Å². The highest BCUT2D eigenvalue weighted by molar-refractivity contribution is 6.08. The molecule has 36 heavy (non-hydrogen) atoms. The number of carbonyl (C=O) groups is 1. The number of rotatable bonds is 7. The van der Waals surface area contributed by atoms with Crippen molar-refractivity contribution in [2.24, 2.45) is 5.18 Å². The minimum atomic E-state index is -0.619. The van der Waals surface area contributed by atoms with E-state index in [-0.39, 0.29) is 11.6 Å². The second kappa shape index (κ2) is 9.40. The van der Waals surface area contributed by atoms with Gasteiger partial charge in [-0.1, -0.05) is 42.5 Å². The summed E-state index contributed by atoms with van der Waals surface area (Å²) >= 11 is 0. The highest BCUT2D eigenvalue weighted by Crippen LogP contribution is 2.46. The van der Waals surface area contributed by atoms with Crippen LogP contribution in [0, 0.1) is 4.91 Å². The predicted octanol–water partition coefficient (Wildman–Crippen LogP) is 5.47. The van der Waals surface area contributed by atoms with Crippen LogP contribution in [0.25, 0.3) is 39.1 Å². The van der Waals surface area contributed by atoms with Crippen LogP contribution in [-0.2, 0) is 11.3 Å². The Bertz CT molecular complexity index is 1630. The predicted molar refractivity (Wildman–Crippen MR) is 137 cm³/mol. The zero-order valence-electron chi connectivity index (χ0n) is 19.2. The van der Waals surface area contributed by atoms with Crippen molar-refractivity contribution in [1.29, 1.82) is 0 Å². The highest BCUT2D eigenvalue weighted by Gasteiger charge is 2.24. The first-order chi connectivity index (χ1) is 17.5. The molecule has 3 aromatic carbocycles. The average molecular weight is 482 g/mol. The Morgan fingerprint density at radius 3 is 2.61 bits per heavy atom. The van der Waals surface area contributed by atoms with Crippen LogP contribution in [0.5, 0.6) is 11.6 Å². The minimum Gasteiger partial charge on any atom is -0.497 e. The van der Waals surface area contributed by atoms with E-state index < -0.39 is 5.91 Å². The molecule has 180 valence electrons. The van der Waals surface area contributed by atoms with Crippen LogP contribution in [0.1, 0.15) is 11.1 Å². The molecule has 5 rings (SSSR count). The van der Waals surface area contributed by atoms with E-state index in [1.54, 1.807) is 23.2 Å². The van der Waals surface area contributed by atoms with Crippen molar-refractivity contribution >= 4 is 39.5 Å². The number of amides is 1. The van der Waals surface area contributed by atoms with E-state index in [1.165, 1.54) is 6.08 Å². The Hall–Kier alpha value is -4.89. The number of carbonyl (C=O) groups excluding carboxylic acids is 1. The summed E-state index contributed by atoms with van der Waals surface area (Å²) in [6.07, 6.45) is 2.80. The number of hydrogen-bond acceptors (Lipinski definition) is 6. The van der Waals surface area contributed by atoms with Gasteiger partial charge in [0.2, 0.25) is 5.88 Å². The van der Waals surface area contributed by atoms with Gasteiger partial charge in [0, 0.05) is 22.4 Å². The number of aromatic hydroxyl groups is 1. The van der Waals surface area contributed by atoms with E-state index in [2.05, 4.69) is 10.2 Å². The monoisotopic (exact) mass is 482 g/mol. The van der Waals surface area contributed by atoms with E-state index in [4.69, 9.17) is 9.94 Å². The number of benzene rings is 3. The normalized spacial score (nSPS) is 11.4. The van der Waals surface area contributed by atoms with Crippen molar-refractivity contribution in [3.8, 4) is 22.9 Å². The molecule has 0 aliphatic heterocycles. The Balaban J connectivity index is 1.63. The lowest BCUT2D eigenvalue weighted by atomic mass is 10.1. The fourth-order valence-electron chi connectivity index (χ4n) is 4.38. The minimum absolute atomic E-state index is 0.0155. The van der Waals surface area contributed by atoms with Crippen LogP contribution >= 0.6 is 0 Å². The molecule has 0 atom stereocenters. The zero-order chi connectivity index (χ0) is 25.2. The Kier molecular flexibility index (Phi) is 5.97. The van der Waals surface area contributed by atoms with Gasteiger partial charge in [-0.2, -0.15) is 0 Å². The maximum atomic E-state index is 11.9. The summed E-state index contributed by atoms with van der Waals surface area (Å²) in [7, 11) is 1.57. The molecule has 0 saturated carbocycles. The van der Waals surface area contributed by atoms with Crippen molar-refractivity contribution in [2.45, 2.75) is 6.54 Å². The summed E-state index contributed by atoms with van der Waals surface area (Å²) in [5, 5.41) is 24.7. The van der Waals surface area contributed by atoms with Crippen molar-refractivity contribution in [1.82, 2.24) is 15.0 Å². The van der Waals surface area contributed by atoms with E-state index in [0.717, 1.165) is 22.2 Å². The molecule has 2 heterocycles. The van der Waals surface area contributed by atoms with Crippen molar-refractivity contribution in [3.05, 3.63) is 88.8 Å². The number of hydroxylamine groups is 1. The number of nitroso groups, excluding NO2 is 1. The van der Waals surface area contributed by atoms with Gasteiger partial charge in [-0.05, 0) is 46.6 Å². The van der Waals surface area contributed by atoms with Gasteiger partial charge in [-0.15, -0.1) is 4.91 Å². The van der Waals surface area contributed by atoms with Crippen LogP contribution in [0.15, 0.2) is 78.0 Å². The number of methoxy groups -OCH3 is 1. The Morgan fingerprint density at radius 1 is 1.11 bits per heavy atom. The van der Waals surface area contributed by atoms with Crippen LogP contribution in [-0.4, -0.2) is 32.9 Å². The molecule has 0 fully saturated rings. The van der Waals surface area contributed by atoms with Crippen LogP contribution in [0.3, 0.4) is 0 Å².